The third-order valence-electron chi connectivity index (χ3n) is 2.35. The fraction of sp³-hybridized carbons (Fsp3) is 0.455. The van der Waals surface area contributed by atoms with Crippen molar-refractivity contribution in [1.82, 2.24) is 0 Å². The predicted molar refractivity (Wildman–Crippen MR) is 67.3 cm³/mol. The Hall–Kier alpha value is -1.04. The number of nitrogens with one attached hydrogen (secondary N) is 1. The van der Waals surface area contributed by atoms with Gasteiger partial charge in [0, 0.05) is 23.2 Å². The molecule has 3 N–H and O–H groups in total. The molecule has 0 fully saturated rings. The largest absolute Gasteiger partial charge is 0.418 e. The van der Waals surface area contributed by atoms with Crippen molar-refractivity contribution < 1.29 is 13.2 Å². The Morgan fingerprint density at radius 3 is 2.59 bits per heavy atom. The molecule has 0 bridgehead atoms. The molecule has 0 amide bonds. The summed E-state index contributed by atoms with van der Waals surface area (Å²) in [6, 6.07) is 3.87. The molecule has 96 valence electrons. The fourth-order valence-electron chi connectivity index (χ4n) is 1.26. The zero-order chi connectivity index (χ0) is 13.1. The van der Waals surface area contributed by atoms with Crippen molar-refractivity contribution in [1.29, 1.82) is 0 Å². The van der Waals surface area contributed by atoms with Gasteiger partial charge in [-0.2, -0.15) is 24.9 Å². The van der Waals surface area contributed by atoms with Crippen molar-refractivity contribution >= 4 is 23.1 Å². The van der Waals surface area contributed by atoms with Gasteiger partial charge in [-0.25, -0.2) is 0 Å². The second kappa shape index (κ2) is 5.53. The number of benzene rings is 1. The summed E-state index contributed by atoms with van der Waals surface area (Å²) in [7, 11) is 0. The minimum atomic E-state index is -4.41. The lowest BCUT2D eigenvalue weighted by Gasteiger charge is -2.14. The summed E-state index contributed by atoms with van der Waals surface area (Å²) in [6.07, 6.45) is -2.45. The number of alkyl halides is 3. The number of halogens is 3. The molecule has 1 aromatic carbocycles. The smallest absolute Gasteiger partial charge is 0.398 e. The molecule has 0 spiro atoms. The van der Waals surface area contributed by atoms with Gasteiger partial charge in [0.25, 0.3) is 0 Å². The van der Waals surface area contributed by atoms with E-state index in [1.54, 1.807) is 17.8 Å². The van der Waals surface area contributed by atoms with Crippen molar-refractivity contribution in [2.45, 2.75) is 18.3 Å². The molecule has 1 rings (SSSR count). The second-order valence-corrected chi connectivity index (χ2v) is 5.00. The molecule has 0 saturated heterocycles. The first-order valence-corrected chi connectivity index (χ1v) is 6.36. The van der Waals surface area contributed by atoms with Gasteiger partial charge in [-0.1, -0.05) is 6.92 Å². The molecule has 1 unspecified atom stereocenters. The minimum absolute atomic E-state index is 0.249. The minimum Gasteiger partial charge on any atom is -0.398 e. The Morgan fingerprint density at radius 2 is 2.06 bits per heavy atom. The summed E-state index contributed by atoms with van der Waals surface area (Å²) in [5, 5.41) is 3.29. The number of nitrogens with two attached hydrogens (primary N) is 1. The van der Waals surface area contributed by atoms with Gasteiger partial charge in [-0.15, -0.1) is 0 Å². The van der Waals surface area contributed by atoms with Gasteiger partial charge in [0.2, 0.25) is 0 Å². The summed E-state index contributed by atoms with van der Waals surface area (Å²) in [5.41, 5.74) is 4.70. The third-order valence-corrected chi connectivity index (χ3v) is 3.33. The summed E-state index contributed by atoms with van der Waals surface area (Å²) >= 11 is 1.65. The van der Waals surface area contributed by atoms with Crippen LogP contribution in [0, 0.1) is 0 Å². The van der Waals surface area contributed by atoms with Gasteiger partial charge >= 0.3 is 6.18 Å². The molecule has 1 aromatic rings. The van der Waals surface area contributed by atoms with Crippen LogP contribution in [-0.4, -0.2) is 18.1 Å². The number of thioether (sulfide) groups is 1. The molecular formula is C11H15F3N2S. The lowest BCUT2D eigenvalue weighted by molar-refractivity contribution is -0.136. The van der Waals surface area contributed by atoms with Crippen LogP contribution < -0.4 is 11.1 Å². The van der Waals surface area contributed by atoms with E-state index in [4.69, 9.17) is 5.73 Å². The first-order chi connectivity index (χ1) is 7.84. The topological polar surface area (TPSA) is 38.0 Å². The van der Waals surface area contributed by atoms with E-state index in [0.717, 1.165) is 6.07 Å². The molecule has 0 radical (unpaired) electrons. The molecule has 17 heavy (non-hydrogen) atoms. The van der Waals surface area contributed by atoms with E-state index < -0.39 is 11.7 Å². The van der Waals surface area contributed by atoms with Crippen LogP contribution in [0.3, 0.4) is 0 Å². The summed E-state index contributed by atoms with van der Waals surface area (Å²) < 4.78 is 37.7. The average molecular weight is 264 g/mol. The van der Waals surface area contributed by atoms with Gasteiger partial charge in [0.15, 0.2) is 0 Å². The zero-order valence-corrected chi connectivity index (χ0v) is 10.5. The summed E-state index contributed by atoms with van der Waals surface area (Å²) in [4.78, 5) is 0. The van der Waals surface area contributed by atoms with Crippen molar-refractivity contribution in [2.75, 3.05) is 23.9 Å². The van der Waals surface area contributed by atoms with Gasteiger partial charge in [-0.05, 0) is 24.5 Å². The molecule has 0 aliphatic carbocycles. The maximum absolute atomic E-state index is 12.6. The first kappa shape index (κ1) is 14.0. The highest BCUT2D eigenvalue weighted by molar-refractivity contribution is 7.99. The quantitative estimate of drug-likeness (QED) is 0.818. The molecule has 6 heteroatoms. The Kier molecular flexibility index (Phi) is 4.56. The van der Waals surface area contributed by atoms with Crippen LogP contribution in [0.5, 0.6) is 0 Å². The van der Waals surface area contributed by atoms with E-state index in [-0.39, 0.29) is 5.69 Å². The maximum Gasteiger partial charge on any atom is 0.418 e. The Balaban J connectivity index is 2.82. The number of hydrogen-bond acceptors (Lipinski definition) is 3. The molecule has 2 nitrogen and oxygen atoms in total. The van der Waals surface area contributed by atoms with E-state index in [1.807, 2.05) is 13.2 Å². The third kappa shape index (κ3) is 4.03. The lowest BCUT2D eigenvalue weighted by atomic mass is 10.1. The van der Waals surface area contributed by atoms with Crippen LogP contribution in [0.1, 0.15) is 12.5 Å². The maximum atomic E-state index is 12.6. The van der Waals surface area contributed by atoms with E-state index in [1.165, 1.54) is 6.07 Å². The molecule has 0 heterocycles. The molecule has 0 aliphatic rings. The second-order valence-electron chi connectivity index (χ2n) is 3.73. The summed E-state index contributed by atoms with van der Waals surface area (Å²) in [5.74, 6) is 0. The van der Waals surface area contributed by atoms with Crippen LogP contribution in [-0.2, 0) is 6.18 Å². The SMILES string of the molecule is CSC(C)CNc1ccc(N)c(C(F)(F)F)c1. The molecule has 1 atom stereocenters. The van der Waals surface area contributed by atoms with Gasteiger partial charge < -0.3 is 11.1 Å². The van der Waals surface area contributed by atoms with Crippen LogP contribution in [0.4, 0.5) is 24.5 Å². The zero-order valence-electron chi connectivity index (χ0n) is 9.64. The van der Waals surface area contributed by atoms with Gasteiger partial charge in [0.1, 0.15) is 0 Å². The van der Waals surface area contributed by atoms with E-state index >= 15 is 0 Å². The van der Waals surface area contributed by atoms with Gasteiger partial charge in [-0.3, -0.25) is 0 Å². The Labute approximate surface area is 103 Å². The molecular weight excluding hydrogens is 249 g/mol. The van der Waals surface area contributed by atoms with Crippen molar-refractivity contribution in [3.63, 3.8) is 0 Å². The molecule has 0 aliphatic heterocycles. The molecule has 0 saturated carbocycles. The Bertz CT molecular complexity index is 379. The van der Waals surface area contributed by atoms with Crippen molar-refractivity contribution in [3.8, 4) is 0 Å². The summed E-state index contributed by atoms with van der Waals surface area (Å²) in [6.45, 7) is 2.61. The average Bonchev–Trinajstić information content (AvgIpc) is 2.26. The lowest BCUT2D eigenvalue weighted by Crippen LogP contribution is -2.14. The fourth-order valence-corrected chi connectivity index (χ4v) is 1.51. The van der Waals surface area contributed by atoms with Crippen molar-refractivity contribution in [2.24, 2.45) is 0 Å². The van der Waals surface area contributed by atoms with Crippen LogP contribution >= 0.6 is 11.8 Å². The molecule has 0 aromatic heterocycles. The number of hydrogen-bond donors (Lipinski definition) is 2. The normalized spacial score (nSPS) is 13.5. The number of anilines is 2. The standard InChI is InChI=1S/C11H15F3N2S/c1-7(17-2)6-16-8-3-4-10(15)9(5-8)11(12,13)14/h3-5,7,16H,6,15H2,1-2H3. The van der Waals surface area contributed by atoms with E-state index in [9.17, 15) is 13.2 Å². The van der Waals surface area contributed by atoms with Gasteiger partial charge in [0.05, 0.1) is 5.56 Å². The van der Waals surface area contributed by atoms with Crippen LogP contribution in [0.2, 0.25) is 0 Å². The van der Waals surface area contributed by atoms with Crippen LogP contribution in [0.15, 0.2) is 18.2 Å². The van der Waals surface area contributed by atoms with Crippen LogP contribution in [0.25, 0.3) is 0 Å². The highest BCUT2D eigenvalue weighted by Crippen LogP contribution is 2.35. The van der Waals surface area contributed by atoms with E-state index in [2.05, 4.69) is 5.32 Å². The monoisotopic (exact) mass is 264 g/mol. The van der Waals surface area contributed by atoms with E-state index in [0.29, 0.717) is 17.5 Å². The Morgan fingerprint density at radius 1 is 1.41 bits per heavy atom. The number of rotatable bonds is 4. The van der Waals surface area contributed by atoms with Crippen molar-refractivity contribution in [3.05, 3.63) is 23.8 Å². The number of nitrogen functional groups attached to an aromatic ring is 1. The predicted octanol–water partition coefficient (Wildman–Crippen LogP) is 3.45. The highest BCUT2D eigenvalue weighted by atomic mass is 32.2. The highest BCUT2D eigenvalue weighted by Gasteiger charge is 2.33. The first-order valence-electron chi connectivity index (χ1n) is 5.08.